The van der Waals surface area contributed by atoms with Gasteiger partial charge in [-0.05, 0) is 92.1 Å². The Hall–Kier alpha value is -4.76. The molecule has 1 atom stereocenters. The molecule has 0 aliphatic heterocycles. The SMILES string of the molecule is CC(C#N)N(C(=O)CNCCC1(c2noc(=O)[nH]2)c2ccc(C(N)=O)cc2CCc2cc(C(N)=O)ccc21)C1CC1. The molecule has 0 bridgehead atoms. The summed E-state index contributed by atoms with van der Waals surface area (Å²) in [4.78, 5) is 53.7. The summed E-state index contributed by atoms with van der Waals surface area (Å²) >= 11 is 0. The number of carbonyl (C=O) groups is 3. The maximum Gasteiger partial charge on any atom is 0.438 e. The van der Waals surface area contributed by atoms with Gasteiger partial charge in [-0.3, -0.25) is 23.9 Å². The van der Waals surface area contributed by atoms with Crippen LogP contribution in [0.5, 0.6) is 0 Å². The van der Waals surface area contributed by atoms with E-state index in [1.807, 2.05) is 0 Å². The number of H-pyrrole nitrogens is 1. The highest BCUT2D eigenvalue weighted by Gasteiger charge is 2.44. The number of carbonyl (C=O) groups excluding carboxylic acids is 3. The van der Waals surface area contributed by atoms with E-state index in [1.165, 1.54) is 0 Å². The maximum atomic E-state index is 13.0. The van der Waals surface area contributed by atoms with Crippen LogP contribution in [-0.4, -0.2) is 57.9 Å². The van der Waals surface area contributed by atoms with Crippen molar-refractivity contribution in [3.63, 3.8) is 0 Å². The quantitative estimate of drug-likeness (QED) is 0.263. The van der Waals surface area contributed by atoms with E-state index in [1.54, 1.807) is 48.2 Å². The van der Waals surface area contributed by atoms with Crippen molar-refractivity contribution in [3.8, 4) is 6.07 Å². The Bertz CT molecular complexity index is 1550. The molecule has 2 aliphatic rings. The Kier molecular flexibility index (Phi) is 7.47. The van der Waals surface area contributed by atoms with Gasteiger partial charge >= 0.3 is 5.76 Å². The van der Waals surface area contributed by atoms with Crippen molar-refractivity contribution in [3.05, 3.63) is 86.2 Å². The van der Waals surface area contributed by atoms with Crippen LogP contribution in [0.2, 0.25) is 0 Å². The average Bonchev–Trinajstić information content (AvgIpc) is 3.71. The van der Waals surface area contributed by atoms with E-state index in [0.29, 0.717) is 36.9 Å². The van der Waals surface area contributed by atoms with E-state index >= 15 is 0 Å². The van der Waals surface area contributed by atoms with Gasteiger partial charge in [-0.2, -0.15) is 5.26 Å². The molecule has 41 heavy (non-hydrogen) atoms. The molecule has 3 amide bonds. The molecule has 1 saturated carbocycles. The minimum atomic E-state index is -1.08. The Morgan fingerprint density at radius 3 is 2.17 bits per heavy atom. The number of nitriles is 1. The number of hydrogen-bond acceptors (Lipinski definition) is 8. The van der Waals surface area contributed by atoms with Gasteiger partial charge in [-0.25, -0.2) is 4.79 Å². The highest BCUT2D eigenvalue weighted by atomic mass is 16.5. The first-order valence-corrected chi connectivity index (χ1v) is 13.5. The van der Waals surface area contributed by atoms with Gasteiger partial charge in [0.2, 0.25) is 17.7 Å². The molecular weight excluding hydrogens is 526 g/mol. The number of primary amides is 2. The second-order valence-corrected chi connectivity index (χ2v) is 10.6. The van der Waals surface area contributed by atoms with Crippen LogP contribution >= 0.6 is 0 Å². The van der Waals surface area contributed by atoms with Crippen LogP contribution in [0.3, 0.4) is 0 Å². The second-order valence-electron chi connectivity index (χ2n) is 10.6. The number of hydrogen-bond donors (Lipinski definition) is 4. The zero-order chi connectivity index (χ0) is 29.3. The molecule has 1 fully saturated rings. The molecule has 12 heteroatoms. The predicted octanol–water partition coefficient (Wildman–Crippen LogP) is 0.876. The lowest BCUT2D eigenvalue weighted by Gasteiger charge is -2.34. The third-order valence-electron chi connectivity index (χ3n) is 7.99. The lowest BCUT2D eigenvalue weighted by atomic mass is 9.69. The summed E-state index contributed by atoms with van der Waals surface area (Å²) in [5, 5.41) is 16.7. The van der Waals surface area contributed by atoms with Crippen molar-refractivity contribution in [1.29, 1.82) is 5.26 Å². The summed E-state index contributed by atoms with van der Waals surface area (Å²) < 4.78 is 4.96. The Morgan fingerprint density at radius 1 is 1.12 bits per heavy atom. The first-order chi connectivity index (χ1) is 19.6. The number of nitrogens with two attached hydrogens (primary N) is 2. The molecule has 2 aliphatic carbocycles. The largest absolute Gasteiger partial charge is 0.438 e. The number of aromatic amines is 1. The minimum absolute atomic E-state index is 0.0227. The molecule has 0 radical (unpaired) electrons. The van der Waals surface area contributed by atoms with Crippen LogP contribution in [0.15, 0.2) is 45.7 Å². The fourth-order valence-corrected chi connectivity index (χ4v) is 5.92. The monoisotopic (exact) mass is 557 g/mol. The Morgan fingerprint density at radius 2 is 1.71 bits per heavy atom. The van der Waals surface area contributed by atoms with Crippen molar-refractivity contribution in [2.45, 2.75) is 56.5 Å². The standard InChI is InChI=1S/C29H31N7O5/c1-16(14-30)36(21-6-7-21)24(37)15-33-11-10-29(27-34-28(40)41-35-27)22-8-4-19(25(31)38)12-17(22)2-3-18-13-20(26(32)39)5-9-23(18)29/h4-5,8-9,12-13,16,21,33H,2-3,6-7,10-11,15H2,1H3,(H2,31,38)(H2,32,39)(H,34,35,40). The molecule has 1 unspecified atom stereocenters. The first-order valence-electron chi connectivity index (χ1n) is 13.5. The first kappa shape index (κ1) is 27.8. The molecular formula is C29H31N7O5. The molecule has 1 aromatic heterocycles. The lowest BCUT2D eigenvalue weighted by Crippen LogP contribution is -2.45. The van der Waals surface area contributed by atoms with Gasteiger partial charge in [0.05, 0.1) is 18.0 Å². The molecule has 1 heterocycles. The molecule has 6 N–H and O–H groups in total. The number of nitrogens with zero attached hydrogens (tertiary/aromatic N) is 3. The van der Waals surface area contributed by atoms with Crippen LogP contribution in [0.1, 0.15) is 75.0 Å². The fraction of sp³-hybridized carbons (Fsp3) is 0.379. The number of aryl methyl sites for hydroxylation is 2. The summed E-state index contributed by atoms with van der Waals surface area (Å²) in [6, 6.07) is 12.0. The summed E-state index contributed by atoms with van der Waals surface area (Å²) in [6.45, 7) is 2.05. The van der Waals surface area contributed by atoms with Gasteiger partial charge in [-0.15, -0.1) is 0 Å². The van der Waals surface area contributed by atoms with Gasteiger partial charge in [0, 0.05) is 17.2 Å². The van der Waals surface area contributed by atoms with Crippen molar-refractivity contribution in [1.82, 2.24) is 20.4 Å². The molecule has 212 valence electrons. The minimum Gasteiger partial charge on any atom is -0.366 e. The van der Waals surface area contributed by atoms with Crippen LogP contribution < -0.4 is 22.5 Å². The number of aromatic nitrogens is 2. The smallest absolute Gasteiger partial charge is 0.366 e. The normalized spacial score (nSPS) is 16.0. The van der Waals surface area contributed by atoms with E-state index in [9.17, 15) is 24.4 Å². The zero-order valence-electron chi connectivity index (χ0n) is 22.6. The summed E-state index contributed by atoms with van der Waals surface area (Å²) in [5.74, 6) is -1.79. The van der Waals surface area contributed by atoms with E-state index < -0.39 is 29.0 Å². The van der Waals surface area contributed by atoms with Gasteiger partial charge in [0.1, 0.15) is 6.04 Å². The molecule has 0 saturated heterocycles. The number of fused-ring (bicyclic) bond motifs is 2. The third-order valence-corrected chi connectivity index (χ3v) is 7.99. The van der Waals surface area contributed by atoms with Crippen LogP contribution in [-0.2, 0) is 23.1 Å². The molecule has 2 aromatic carbocycles. The molecule has 5 rings (SSSR count). The van der Waals surface area contributed by atoms with Gasteiger partial charge < -0.3 is 21.7 Å². The Balaban J connectivity index is 1.57. The van der Waals surface area contributed by atoms with E-state index in [4.69, 9.17) is 16.0 Å². The van der Waals surface area contributed by atoms with Crippen LogP contribution in [0.25, 0.3) is 0 Å². The number of nitrogens with one attached hydrogen (secondary N) is 2. The number of amides is 3. The highest BCUT2D eigenvalue weighted by molar-refractivity contribution is 5.94. The average molecular weight is 558 g/mol. The second kappa shape index (κ2) is 11.0. The van der Waals surface area contributed by atoms with Crippen molar-refractivity contribution in [2.75, 3.05) is 13.1 Å². The molecule has 0 spiro atoms. The summed E-state index contributed by atoms with van der Waals surface area (Å²) in [5.41, 5.74) is 14.0. The number of rotatable bonds is 10. The van der Waals surface area contributed by atoms with E-state index in [0.717, 1.165) is 35.1 Å². The summed E-state index contributed by atoms with van der Waals surface area (Å²) in [7, 11) is 0. The predicted molar refractivity (Wildman–Crippen MR) is 147 cm³/mol. The Labute approximate surface area is 235 Å². The summed E-state index contributed by atoms with van der Waals surface area (Å²) in [6.07, 6.45) is 3.13. The van der Waals surface area contributed by atoms with Crippen molar-refractivity contribution >= 4 is 17.7 Å². The van der Waals surface area contributed by atoms with Gasteiger partial charge in [-0.1, -0.05) is 17.3 Å². The topological polar surface area (TPSA) is 201 Å². The zero-order valence-corrected chi connectivity index (χ0v) is 22.6. The van der Waals surface area contributed by atoms with E-state index in [2.05, 4.69) is 21.5 Å². The molecule has 12 nitrogen and oxygen atoms in total. The van der Waals surface area contributed by atoms with Crippen LogP contribution in [0, 0.1) is 11.3 Å². The number of benzene rings is 2. The fourth-order valence-electron chi connectivity index (χ4n) is 5.92. The van der Waals surface area contributed by atoms with Gasteiger partial charge in [0.25, 0.3) is 0 Å². The third kappa shape index (κ3) is 5.24. The van der Waals surface area contributed by atoms with Crippen LogP contribution in [0.4, 0.5) is 0 Å². The highest BCUT2D eigenvalue weighted by Crippen LogP contribution is 2.46. The maximum absolute atomic E-state index is 13.0. The lowest BCUT2D eigenvalue weighted by molar-refractivity contribution is -0.131. The van der Waals surface area contributed by atoms with Gasteiger partial charge in [0.15, 0.2) is 5.82 Å². The van der Waals surface area contributed by atoms with Crippen molar-refractivity contribution in [2.24, 2.45) is 11.5 Å². The van der Waals surface area contributed by atoms with Crippen molar-refractivity contribution < 1.29 is 18.9 Å². The molecule has 3 aromatic rings. The van der Waals surface area contributed by atoms with E-state index in [-0.39, 0.29) is 24.3 Å².